The number of allylic oxidation sites excluding steroid dienone is 1. The van der Waals surface area contributed by atoms with E-state index in [0.717, 1.165) is 19.3 Å². The summed E-state index contributed by atoms with van der Waals surface area (Å²) in [5, 5.41) is 10.5. The van der Waals surface area contributed by atoms with Gasteiger partial charge in [0.1, 0.15) is 28.9 Å². The summed E-state index contributed by atoms with van der Waals surface area (Å²) < 4.78 is 18.0. The number of hydrogen-bond donors (Lipinski definition) is 1. The molecule has 2 amide bonds. The first kappa shape index (κ1) is 28.4. The molecule has 1 aromatic rings. The number of carbonyl (C=O) groups excluding carboxylic acids is 3. The number of rotatable bonds is 6. The van der Waals surface area contributed by atoms with Crippen molar-refractivity contribution in [3.8, 4) is 5.75 Å². The van der Waals surface area contributed by atoms with Gasteiger partial charge in [-0.15, -0.1) is 0 Å². The summed E-state index contributed by atoms with van der Waals surface area (Å²) >= 11 is 0. The summed E-state index contributed by atoms with van der Waals surface area (Å²) in [6.45, 7) is 5.96. The second-order valence-corrected chi connectivity index (χ2v) is 11.5. The van der Waals surface area contributed by atoms with Gasteiger partial charge in [-0.3, -0.25) is 14.4 Å². The Morgan fingerprint density at radius 1 is 1.05 bits per heavy atom. The van der Waals surface area contributed by atoms with E-state index >= 15 is 0 Å². The van der Waals surface area contributed by atoms with Crippen LogP contribution in [0.25, 0.3) is 0 Å². The molecular weight excluding hydrogens is 512 g/mol. The summed E-state index contributed by atoms with van der Waals surface area (Å²) in [7, 11) is 1.58. The van der Waals surface area contributed by atoms with E-state index in [1.807, 2.05) is 45.1 Å². The van der Waals surface area contributed by atoms with Gasteiger partial charge in [-0.25, -0.2) is 0 Å². The number of aliphatic hydroxyl groups excluding tert-OH is 1. The predicted molar refractivity (Wildman–Crippen MR) is 149 cm³/mol. The van der Waals surface area contributed by atoms with E-state index in [4.69, 9.17) is 14.2 Å². The monoisotopic (exact) mass is 552 g/mol. The predicted octanol–water partition coefficient (Wildman–Crippen LogP) is 3.26. The van der Waals surface area contributed by atoms with Gasteiger partial charge >= 0.3 is 5.97 Å². The number of aliphatic hydroxyl groups is 1. The Morgan fingerprint density at radius 2 is 1.80 bits per heavy atom. The van der Waals surface area contributed by atoms with Crippen LogP contribution in [0.5, 0.6) is 5.75 Å². The van der Waals surface area contributed by atoms with Crippen molar-refractivity contribution in [3.63, 3.8) is 0 Å². The number of nitrogens with zero attached hydrogens (tertiary/aromatic N) is 2. The van der Waals surface area contributed by atoms with Crippen LogP contribution in [0.15, 0.2) is 48.6 Å². The van der Waals surface area contributed by atoms with Crippen LogP contribution in [0.3, 0.4) is 0 Å². The number of ether oxygens (including phenoxy) is 3. The van der Waals surface area contributed by atoms with Crippen molar-refractivity contribution in [2.24, 2.45) is 17.8 Å². The number of likely N-dealkylation sites (tertiary alicyclic amines) is 1. The molecular formula is C31H40N2O7. The Hall–Kier alpha value is -3.17. The first-order valence-corrected chi connectivity index (χ1v) is 14.3. The molecule has 6 atom stereocenters. The Balaban J connectivity index is 1.68. The number of fused-ring (bicyclic) bond motifs is 2. The van der Waals surface area contributed by atoms with Crippen LogP contribution in [0, 0.1) is 17.8 Å². The van der Waals surface area contributed by atoms with Crippen molar-refractivity contribution in [1.29, 1.82) is 0 Å². The molecule has 5 rings (SSSR count). The van der Waals surface area contributed by atoms with Crippen LogP contribution in [0.1, 0.15) is 46.5 Å². The maximum atomic E-state index is 14.6. The SMILES string of the molecule is CC[C@]12/C=C\CCCCOC(=O)[C@H]1[C@H]1C(=O)N([C@@H](CO)C(C)C)C3C(=O)N(c4ccc(OC)cc4)CC=C[C@@]31O2. The standard InChI is InChI=1S/C31H40N2O7/c1-5-30-15-8-6-7-9-18-39-29(37)25(30)24-27(35)33(23(19-34)20(2)3)26-28(36)32(17-10-16-31(24,26)40-30)21-11-13-22(38-4)14-12-21/h8,10-16,20,23-26,34H,5-7,9,17-19H2,1-4H3/b15-8-/t23-,24-,25+,26?,30-,31-/m0/s1. The van der Waals surface area contributed by atoms with Crippen molar-refractivity contribution >= 4 is 23.5 Å². The van der Waals surface area contributed by atoms with E-state index in [1.165, 1.54) is 4.90 Å². The van der Waals surface area contributed by atoms with Gasteiger partial charge in [0.05, 0.1) is 32.3 Å². The molecule has 0 aromatic heterocycles. The zero-order valence-electron chi connectivity index (χ0n) is 23.7. The number of esters is 1. The molecule has 1 N–H and O–H groups in total. The lowest BCUT2D eigenvalue weighted by Crippen LogP contribution is -2.60. The summed E-state index contributed by atoms with van der Waals surface area (Å²) in [5.74, 6) is -2.56. The van der Waals surface area contributed by atoms with E-state index in [9.17, 15) is 19.5 Å². The molecule has 4 aliphatic heterocycles. The van der Waals surface area contributed by atoms with Crippen LogP contribution < -0.4 is 9.64 Å². The highest BCUT2D eigenvalue weighted by Gasteiger charge is 2.76. The van der Waals surface area contributed by atoms with Gasteiger partial charge < -0.3 is 29.1 Å². The summed E-state index contributed by atoms with van der Waals surface area (Å²) in [5.41, 5.74) is -1.86. The van der Waals surface area contributed by atoms with Crippen LogP contribution in [-0.2, 0) is 23.9 Å². The number of methoxy groups -OCH3 is 1. The number of cyclic esters (lactones) is 1. The van der Waals surface area contributed by atoms with Crippen molar-refractivity contribution in [1.82, 2.24) is 4.90 Å². The van der Waals surface area contributed by atoms with Crippen LogP contribution in [0.2, 0.25) is 0 Å². The maximum Gasteiger partial charge on any atom is 0.313 e. The van der Waals surface area contributed by atoms with Gasteiger partial charge in [0, 0.05) is 12.2 Å². The fourth-order valence-electron chi connectivity index (χ4n) is 6.95. The molecule has 40 heavy (non-hydrogen) atoms. The molecule has 9 heteroatoms. The van der Waals surface area contributed by atoms with Crippen molar-refractivity contribution in [2.45, 2.75) is 69.7 Å². The van der Waals surface area contributed by atoms with E-state index in [-0.39, 0.29) is 37.5 Å². The fourth-order valence-corrected chi connectivity index (χ4v) is 6.95. The lowest BCUT2D eigenvalue weighted by atomic mass is 9.73. The second-order valence-electron chi connectivity index (χ2n) is 11.5. The highest BCUT2D eigenvalue weighted by atomic mass is 16.6. The van der Waals surface area contributed by atoms with E-state index in [2.05, 4.69) is 0 Å². The van der Waals surface area contributed by atoms with Crippen molar-refractivity contribution in [3.05, 3.63) is 48.6 Å². The fraction of sp³-hybridized carbons (Fsp3) is 0.581. The Morgan fingerprint density at radius 3 is 2.45 bits per heavy atom. The third kappa shape index (κ3) is 4.34. The summed E-state index contributed by atoms with van der Waals surface area (Å²) in [4.78, 5) is 46.0. The topological polar surface area (TPSA) is 106 Å². The number of anilines is 1. The highest BCUT2D eigenvalue weighted by Crippen LogP contribution is 2.58. The zero-order chi connectivity index (χ0) is 28.7. The third-order valence-corrected chi connectivity index (χ3v) is 9.02. The average Bonchev–Trinajstić information content (AvgIpc) is 3.30. The van der Waals surface area contributed by atoms with Gasteiger partial charge in [0.15, 0.2) is 0 Å². The highest BCUT2D eigenvalue weighted by molar-refractivity contribution is 6.05. The molecule has 2 saturated heterocycles. The molecule has 2 fully saturated rings. The lowest BCUT2D eigenvalue weighted by molar-refractivity contribution is -0.162. The van der Waals surface area contributed by atoms with Crippen molar-refractivity contribution < 1.29 is 33.7 Å². The molecule has 0 radical (unpaired) electrons. The third-order valence-electron chi connectivity index (χ3n) is 9.02. The first-order valence-electron chi connectivity index (χ1n) is 14.3. The van der Waals surface area contributed by atoms with E-state index in [0.29, 0.717) is 17.9 Å². The van der Waals surface area contributed by atoms with Crippen LogP contribution in [0.4, 0.5) is 5.69 Å². The molecule has 0 saturated carbocycles. The molecule has 4 heterocycles. The minimum Gasteiger partial charge on any atom is -0.497 e. The molecule has 1 unspecified atom stereocenters. The molecule has 216 valence electrons. The minimum atomic E-state index is -1.41. The van der Waals surface area contributed by atoms with Crippen LogP contribution in [-0.4, -0.2) is 77.9 Å². The quantitative estimate of drug-likeness (QED) is 0.427. The minimum absolute atomic E-state index is 0.147. The van der Waals surface area contributed by atoms with Gasteiger partial charge in [-0.2, -0.15) is 0 Å². The maximum absolute atomic E-state index is 14.6. The Kier molecular flexibility index (Phi) is 7.81. The second kappa shape index (κ2) is 11.0. The molecule has 1 spiro atoms. The molecule has 9 nitrogen and oxygen atoms in total. The smallest absolute Gasteiger partial charge is 0.313 e. The first-order chi connectivity index (χ1) is 19.2. The van der Waals surface area contributed by atoms with E-state index in [1.54, 1.807) is 36.3 Å². The summed E-state index contributed by atoms with van der Waals surface area (Å²) in [6, 6.07) is 5.45. The average molecular weight is 553 g/mol. The largest absolute Gasteiger partial charge is 0.497 e. The number of carbonyl (C=O) groups is 3. The number of amides is 2. The zero-order valence-corrected chi connectivity index (χ0v) is 23.7. The molecule has 1 aromatic carbocycles. The Bertz CT molecular complexity index is 1190. The molecule has 0 aliphatic carbocycles. The summed E-state index contributed by atoms with van der Waals surface area (Å²) in [6.07, 6.45) is 10.5. The lowest BCUT2D eigenvalue weighted by Gasteiger charge is -2.41. The number of benzene rings is 1. The van der Waals surface area contributed by atoms with E-state index < -0.39 is 41.1 Å². The van der Waals surface area contributed by atoms with Gasteiger partial charge in [-0.05, 0) is 55.9 Å². The molecule has 4 aliphatic rings. The number of hydrogen-bond acceptors (Lipinski definition) is 7. The van der Waals surface area contributed by atoms with Gasteiger partial charge in [0.2, 0.25) is 5.91 Å². The normalized spacial score (nSPS) is 33.6. The Labute approximate surface area is 235 Å². The molecule has 0 bridgehead atoms. The van der Waals surface area contributed by atoms with Crippen LogP contribution >= 0.6 is 0 Å². The van der Waals surface area contributed by atoms with Gasteiger partial charge in [0.25, 0.3) is 5.91 Å². The van der Waals surface area contributed by atoms with Gasteiger partial charge in [-0.1, -0.05) is 45.1 Å². The van der Waals surface area contributed by atoms with Crippen molar-refractivity contribution in [2.75, 3.05) is 31.8 Å².